The topological polar surface area (TPSA) is 94.6 Å². The summed E-state index contributed by atoms with van der Waals surface area (Å²) in [5.74, 6) is 1.95. The van der Waals surface area contributed by atoms with Crippen LogP contribution in [0.4, 0.5) is 10.9 Å². The molecule has 3 aromatic rings. The van der Waals surface area contributed by atoms with Gasteiger partial charge in [0.2, 0.25) is 5.75 Å². The van der Waals surface area contributed by atoms with Gasteiger partial charge < -0.3 is 24.8 Å². The molecule has 0 aliphatic rings. The maximum Gasteiger partial charge on any atom is 0.271 e. The first kappa shape index (κ1) is 19.4. The van der Waals surface area contributed by atoms with Gasteiger partial charge in [0.05, 0.1) is 21.3 Å². The molecule has 3 rings (SSSR count). The van der Waals surface area contributed by atoms with Crippen LogP contribution in [0.15, 0.2) is 41.9 Å². The molecule has 28 heavy (non-hydrogen) atoms. The van der Waals surface area contributed by atoms with E-state index in [0.717, 1.165) is 5.56 Å². The Balaban J connectivity index is 1.66. The van der Waals surface area contributed by atoms with Crippen molar-refractivity contribution >= 4 is 28.2 Å². The number of methoxy groups -OCH3 is 3. The molecule has 146 valence electrons. The third-order valence-corrected chi connectivity index (χ3v) is 4.57. The number of rotatable bonds is 8. The van der Waals surface area contributed by atoms with Crippen molar-refractivity contribution in [2.24, 2.45) is 0 Å². The van der Waals surface area contributed by atoms with Crippen LogP contribution >= 0.6 is 11.3 Å². The molecule has 0 radical (unpaired) electrons. The van der Waals surface area contributed by atoms with Crippen LogP contribution in [-0.2, 0) is 6.54 Å². The maximum absolute atomic E-state index is 12.4. The molecule has 2 heterocycles. The van der Waals surface area contributed by atoms with Crippen LogP contribution in [0.5, 0.6) is 17.2 Å². The normalized spacial score (nSPS) is 10.2. The number of carbonyl (C=O) groups excluding carboxylic acids is 1. The number of anilines is 2. The third kappa shape index (κ3) is 4.49. The summed E-state index contributed by atoms with van der Waals surface area (Å²) in [4.78, 5) is 20.9. The van der Waals surface area contributed by atoms with Gasteiger partial charge in [-0.05, 0) is 29.8 Å². The van der Waals surface area contributed by atoms with Crippen molar-refractivity contribution in [3.8, 4) is 17.2 Å². The van der Waals surface area contributed by atoms with Crippen LogP contribution in [0, 0.1) is 0 Å². The molecule has 8 nitrogen and oxygen atoms in total. The zero-order chi connectivity index (χ0) is 19.9. The highest BCUT2D eigenvalue weighted by Gasteiger charge is 2.15. The van der Waals surface area contributed by atoms with E-state index in [4.69, 9.17) is 14.2 Å². The van der Waals surface area contributed by atoms with Crippen LogP contribution in [0.1, 0.15) is 16.1 Å². The highest BCUT2D eigenvalue weighted by Crippen LogP contribution is 2.38. The zero-order valence-electron chi connectivity index (χ0n) is 15.7. The predicted molar refractivity (Wildman–Crippen MR) is 107 cm³/mol. The van der Waals surface area contributed by atoms with Crippen molar-refractivity contribution in [1.82, 2.24) is 15.3 Å². The molecular weight excluding hydrogens is 380 g/mol. The van der Waals surface area contributed by atoms with E-state index < -0.39 is 0 Å². The van der Waals surface area contributed by atoms with Crippen molar-refractivity contribution in [1.29, 1.82) is 0 Å². The number of thiazole rings is 1. The first-order valence-electron chi connectivity index (χ1n) is 8.35. The lowest BCUT2D eigenvalue weighted by molar-refractivity contribution is 0.0946. The Morgan fingerprint density at radius 3 is 2.46 bits per heavy atom. The van der Waals surface area contributed by atoms with Gasteiger partial charge >= 0.3 is 0 Å². The van der Waals surface area contributed by atoms with Crippen molar-refractivity contribution in [3.63, 3.8) is 0 Å². The van der Waals surface area contributed by atoms with E-state index in [0.29, 0.717) is 33.9 Å². The van der Waals surface area contributed by atoms with Gasteiger partial charge in [-0.3, -0.25) is 4.79 Å². The van der Waals surface area contributed by atoms with Crippen LogP contribution in [0.25, 0.3) is 0 Å². The fourth-order valence-electron chi connectivity index (χ4n) is 2.49. The average molecular weight is 400 g/mol. The molecule has 0 spiro atoms. The fraction of sp³-hybridized carbons (Fsp3) is 0.211. The van der Waals surface area contributed by atoms with Crippen molar-refractivity contribution in [3.05, 3.63) is 53.2 Å². The third-order valence-electron chi connectivity index (χ3n) is 3.81. The summed E-state index contributed by atoms with van der Waals surface area (Å²) in [7, 11) is 4.64. The standard InChI is InChI=1S/C19H20N4O4S/c1-25-14-8-12(9-15(26-2)17(14)27-3)10-21-18(24)13-11-28-19(22-13)23-16-6-4-5-7-20-16/h4-9,11H,10H2,1-3H3,(H,21,24)(H,20,22,23). The van der Waals surface area contributed by atoms with Gasteiger partial charge in [0.15, 0.2) is 16.6 Å². The lowest BCUT2D eigenvalue weighted by Gasteiger charge is -2.14. The Hall–Kier alpha value is -3.33. The van der Waals surface area contributed by atoms with Gasteiger partial charge in [0, 0.05) is 18.1 Å². The maximum atomic E-state index is 12.4. The van der Waals surface area contributed by atoms with Gasteiger partial charge in [-0.15, -0.1) is 11.3 Å². The minimum absolute atomic E-state index is 0.279. The second-order valence-electron chi connectivity index (χ2n) is 5.59. The molecule has 0 aliphatic heterocycles. The monoisotopic (exact) mass is 400 g/mol. The van der Waals surface area contributed by atoms with Gasteiger partial charge in [0.25, 0.3) is 5.91 Å². The summed E-state index contributed by atoms with van der Waals surface area (Å²) in [6.45, 7) is 0.288. The number of amides is 1. The molecule has 2 aromatic heterocycles. The van der Waals surface area contributed by atoms with Crippen molar-refractivity contribution in [2.45, 2.75) is 6.54 Å². The molecule has 0 saturated carbocycles. The van der Waals surface area contributed by atoms with Crippen LogP contribution in [0.3, 0.4) is 0 Å². The predicted octanol–water partition coefficient (Wildman–Crippen LogP) is 3.24. The highest BCUT2D eigenvalue weighted by atomic mass is 32.1. The molecule has 0 aliphatic carbocycles. The number of benzene rings is 1. The van der Waals surface area contributed by atoms with Gasteiger partial charge in [-0.1, -0.05) is 6.07 Å². The second-order valence-corrected chi connectivity index (χ2v) is 6.45. The lowest BCUT2D eigenvalue weighted by atomic mass is 10.1. The van der Waals surface area contributed by atoms with E-state index in [1.807, 2.05) is 18.2 Å². The number of nitrogens with one attached hydrogen (secondary N) is 2. The quantitative estimate of drug-likeness (QED) is 0.599. The Morgan fingerprint density at radius 2 is 1.86 bits per heavy atom. The van der Waals surface area contributed by atoms with Crippen LogP contribution < -0.4 is 24.8 Å². The lowest BCUT2D eigenvalue weighted by Crippen LogP contribution is -2.23. The molecule has 2 N–H and O–H groups in total. The van der Waals surface area contributed by atoms with Gasteiger partial charge in [-0.2, -0.15) is 0 Å². The molecular formula is C19H20N4O4S. The summed E-state index contributed by atoms with van der Waals surface area (Å²) in [6.07, 6.45) is 1.68. The molecule has 9 heteroatoms. The molecule has 0 fully saturated rings. The van der Waals surface area contributed by atoms with Gasteiger partial charge in [-0.25, -0.2) is 9.97 Å². The van der Waals surface area contributed by atoms with Crippen molar-refractivity contribution < 1.29 is 19.0 Å². The summed E-state index contributed by atoms with van der Waals surface area (Å²) in [6, 6.07) is 9.10. The van der Waals surface area contributed by atoms with E-state index in [1.165, 1.54) is 11.3 Å². The minimum atomic E-state index is -0.279. The summed E-state index contributed by atoms with van der Waals surface area (Å²) in [5, 5.41) is 8.19. The van der Waals surface area contributed by atoms with E-state index >= 15 is 0 Å². The molecule has 1 amide bonds. The fourth-order valence-corrected chi connectivity index (χ4v) is 3.19. The summed E-state index contributed by atoms with van der Waals surface area (Å²) < 4.78 is 16.0. The molecule has 0 saturated heterocycles. The van der Waals surface area contributed by atoms with Gasteiger partial charge in [0.1, 0.15) is 11.5 Å². The first-order valence-corrected chi connectivity index (χ1v) is 9.23. The Labute approximate surface area is 166 Å². The molecule has 0 bridgehead atoms. The second kappa shape index (κ2) is 9.05. The van der Waals surface area contributed by atoms with E-state index in [2.05, 4.69) is 20.6 Å². The first-order chi connectivity index (χ1) is 13.6. The number of carbonyl (C=O) groups is 1. The SMILES string of the molecule is COc1cc(CNC(=O)c2csc(Nc3ccccn3)n2)cc(OC)c1OC. The summed E-state index contributed by atoms with van der Waals surface area (Å²) in [5.41, 5.74) is 1.14. The van der Waals surface area contributed by atoms with E-state index in [-0.39, 0.29) is 12.5 Å². The van der Waals surface area contributed by atoms with Crippen LogP contribution in [-0.4, -0.2) is 37.2 Å². The number of aromatic nitrogens is 2. The Kier molecular flexibility index (Phi) is 6.28. The number of nitrogens with zero attached hydrogens (tertiary/aromatic N) is 2. The minimum Gasteiger partial charge on any atom is -0.493 e. The van der Waals surface area contributed by atoms with E-state index in [1.54, 1.807) is 45.0 Å². The molecule has 0 atom stereocenters. The van der Waals surface area contributed by atoms with Crippen LogP contribution in [0.2, 0.25) is 0 Å². The Morgan fingerprint density at radius 1 is 1.11 bits per heavy atom. The molecule has 0 unspecified atom stereocenters. The highest BCUT2D eigenvalue weighted by molar-refractivity contribution is 7.14. The zero-order valence-corrected chi connectivity index (χ0v) is 16.5. The smallest absolute Gasteiger partial charge is 0.271 e. The molecule has 1 aromatic carbocycles. The number of ether oxygens (including phenoxy) is 3. The number of hydrogen-bond donors (Lipinski definition) is 2. The van der Waals surface area contributed by atoms with E-state index in [9.17, 15) is 4.79 Å². The Bertz CT molecular complexity index is 921. The average Bonchev–Trinajstić information content (AvgIpc) is 3.20. The largest absolute Gasteiger partial charge is 0.493 e. The summed E-state index contributed by atoms with van der Waals surface area (Å²) >= 11 is 1.33. The number of hydrogen-bond acceptors (Lipinski definition) is 8. The van der Waals surface area contributed by atoms with Crippen molar-refractivity contribution in [2.75, 3.05) is 26.6 Å². The number of pyridine rings is 1.